The second kappa shape index (κ2) is 5.12. The van der Waals surface area contributed by atoms with Gasteiger partial charge < -0.3 is 10.6 Å². The van der Waals surface area contributed by atoms with E-state index in [0.717, 1.165) is 12.2 Å². The van der Waals surface area contributed by atoms with Crippen molar-refractivity contribution in [3.8, 4) is 0 Å². The molecule has 0 aliphatic carbocycles. The van der Waals surface area contributed by atoms with Crippen LogP contribution in [-0.2, 0) is 4.79 Å². The lowest BCUT2D eigenvalue weighted by atomic mass is 9.97. The number of amides is 1. The molecule has 1 aromatic carbocycles. The summed E-state index contributed by atoms with van der Waals surface area (Å²) < 4.78 is 0. The third-order valence-corrected chi connectivity index (χ3v) is 2.92. The highest BCUT2D eigenvalue weighted by molar-refractivity contribution is 5.88. The molecule has 1 heterocycles. The van der Waals surface area contributed by atoms with Crippen LogP contribution in [0.3, 0.4) is 0 Å². The monoisotopic (exact) mass is 218 g/mol. The second-order valence-electron chi connectivity index (χ2n) is 4.31. The number of rotatable bonds is 2. The predicted octanol–water partition coefficient (Wildman–Crippen LogP) is 2.46. The molecule has 0 saturated carbocycles. The van der Waals surface area contributed by atoms with Gasteiger partial charge in [0.15, 0.2) is 0 Å². The van der Waals surface area contributed by atoms with Crippen molar-refractivity contribution in [2.24, 2.45) is 0 Å². The highest BCUT2D eigenvalue weighted by atomic mass is 16.1. The van der Waals surface area contributed by atoms with E-state index in [9.17, 15) is 4.79 Å². The number of carbonyl (C=O) groups excluding carboxylic acids is 1. The van der Waals surface area contributed by atoms with Crippen molar-refractivity contribution in [2.45, 2.75) is 32.2 Å². The van der Waals surface area contributed by atoms with Gasteiger partial charge in [0, 0.05) is 18.7 Å². The van der Waals surface area contributed by atoms with Crippen molar-refractivity contribution in [1.29, 1.82) is 0 Å². The predicted molar refractivity (Wildman–Crippen MR) is 65.3 cm³/mol. The summed E-state index contributed by atoms with van der Waals surface area (Å²) in [4.78, 5) is 11.0. The normalized spacial score (nSPS) is 20.4. The molecule has 0 bridgehead atoms. The van der Waals surface area contributed by atoms with Crippen LogP contribution in [0, 0.1) is 0 Å². The Morgan fingerprint density at radius 2 is 2.31 bits per heavy atom. The van der Waals surface area contributed by atoms with Gasteiger partial charge in [-0.2, -0.15) is 0 Å². The van der Waals surface area contributed by atoms with Crippen LogP contribution in [0.1, 0.15) is 37.8 Å². The smallest absolute Gasteiger partial charge is 0.221 e. The molecule has 16 heavy (non-hydrogen) atoms. The summed E-state index contributed by atoms with van der Waals surface area (Å²) in [5.41, 5.74) is 2.16. The summed E-state index contributed by atoms with van der Waals surface area (Å²) in [5, 5.41) is 6.32. The van der Waals surface area contributed by atoms with Gasteiger partial charge in [0.25, 0.3) is 0 Å². The SMILES string of the molecule is CC(=O)Nc1cccc(C2CCCCN2)c1. The van der Waals surface area contributed by atoms with Gasteiger partial charge in [-0.25, -0.2) is 0 Å². The number of carbonyl (C=O) groups is 1. The molecular weight excluding hydrogens is 200 g/mol. The van der Waals surface area contributed by atoms with Crippen molar-refractivity contribution < 1.29 is 4.79 Å². The van der Waals surface area contributed by atoms with Gasteiger partial charge >= 0.3 is 0 Å². The standard InChI is InChI=1S/C13H18N2O/c1-10(16)15-12-6-4-5-11(9-12)13-7-2-3-8-14-13/h4-6,9,13-14H,2-3,7-8H2,1H3,(H,15,16). The van der Waals surface area contributed by atoms with E-state index in [1.54, 1.807) is 0 Å². The van der Waals surface area contributed by atoms with Gasteiger partial charge in [-0.3, -0.25) is 4.79 Å². The Labute approximate surface area is 96.2 Å². The second-order valence-corrected chi connectivity index (χ2v) is 4.31. The van der Waals surface area contributed by atoms with Gasteiger partial charge in [-0.1, -0.05) is 18.6 Å². The van der Waals surface area contributed by atoms with Crippen LogP contribution in [0.5, 0.6) is 0 Å². The Bertz CT molecular complexity index is 370. The van der Waals surface area contributed by atoms with E-state index in [2.05, 4.69) is 22.8 Å². The van der Waals surface area contributed by atoms with E-state index >= 15 is 0 Å². The number of nitrogens with one attached hydrogen (secondary N) is 2. The fraction of sp³-hybridized carbons (Fsp3) is 0.462. The molecule has 86 valence electrons. The van der Waals surface area contributed by atoms with E-state index in [0.29, 0.717) is 6.04 Å². The molecule has 3 heteroatoms. The fourth-order valence-electron chi connectivity index (χ4n) is 2.17. The van der Waals surface area contributed by atoms with Gasteiger partial charge in [0.05, 0.1) is 0 Å². The number of piperidine rings is 1. The van der Waals surface area contributed by atoms with Crippen LogP contribution in [0.15, 0.2) is 24.3 Å². The molecule has 2 rings (SSSR count). The number of hydrogen-bond donors (Lipinski definition) is 2. The Kier molecular flexibility index (Phi) is 3.57. The molecule has 1 fully saturated rings. The molecule has 2 N–H and O–H groups in total. The Balaban J connectivity index is 2.11. The molecule has 1 unspecified atom stereocenters. The van der Waals surface area contributed by atoms with Gasteiger partial charge in [-0.15, -0.1) is 0 Å². The third-order valence-electron chi connectivity index (χ3n) is 2.92. The fourth-order valence-corrected chi connectivity index (χ4v) is 2.17. The van der Waals surface area contributed by atoms with Crippen LogP contribution in [-0.4, -0.2) is 12.5 Å². The zero-order valence-electron chi connectivity index (χ0n) is 9.62. The minimum atomic E-state index is -0.0197. The van der Waals surface area contributed by atoms with E-state index in [1.807, 2.05) is 12.1 Å². The Morgan fingerprint density at radius 1 is 1.44 bits per heavy atom. The van der Waals surface area contributed by atoms with E-state index < -0.39 is 0 Å². The molecular formula is C13H18N2O. The maximum absolute atomic E-state index is 11.0. The zero-order chi connectivity index (χ0) is 11.4. The van der Waals surface area contributed by atoms with Gasteiger partial charge in [-0.05, 0) is 37.1 Å². The first kappa shape index (κ1) is 11.1. The number of anilines is 1. The molecule has 0 spiro atoms. The quantitative estimate of drug-likeness (QED) is 0.800. The summed E-state index contributed by atoms with van der Waals surface area (Å²) >= 11 is 0. The largest absolute Gasteiger partial charge is 0.326 e. The van der Waals surface area contributed by atoms with Crippen molar-refractivity contribution in [3.63, 3.8) is 0 Å². The number of benzene rings is 1. The highest BCUT2D eigenvalue weighted by Gasteiger charge is 2.14. The van der Waals surface area contributed by atoms with Gasteiger partial charge in [0.2, 0.25) is 5.91 Å². The lowest BCUT2D eigenvalue weighted by Crippen LogP contribution is -2.26. The van der Waals surface area contributed by atoms with Crippen LogP contribution in [0.25, 0.3) is 0 Å². The number of hydrogen-bond acceptors (Lipinski definition) is 2. The molecule has 1 aromatic rings. The lowest BCUT2D eigenvalue weighted by Gasteiger charge is -2.24. The third kappa shape index (κ3) is 2.83. The van der Waals surface area contributed by atoms with Crippen LogP contribution < -0.4 is 10.6 Å². The summed E-state index contributed by atoms with van der Waals surface area (Å²) in [6.07, 6.45) is 3.73. The van der Waals surface area contributed by atoms with Crippen LogP contribution in [0.2, 0.25) is 0 Å². The van der Waals surface area contributed by atoms with Crippen molar-refractivity contribution >= 4 is 11.6 Å². The first-order valence-electron chi connectivity index (χ1n) is 5.86. The minimum Gasteiger partial charge on any atom is -0.326 e. The molecule has 0 aromatic heterocycles. The Morgan fingerprint density at radius 3 is 3.00 bits per heavy atom. The van der Waals surface area contributed by atoms with Crippen LogP contribution >= 0.6 is 0 Å². The van der Waals surface area contributed by atoms with Crippen molar-refractivity contribution in [2.75, 3.05) is 11.9 Å². The summed E-state index contributed by atoms with van der Waals surface area (Å²) in [7, 11) is 0. The summed E-state index contributed by atoms with van der Waals surface area (Å²) in [6, 6.07) is 8.55. The minimum absolute atomic E-state index is 0.0197. The topological polar surface area (TPSA) is 41.1 Å². The first-order chi connectivity index (χ1) is 7.75. The molecule has 1 aliphatic heterocycles. The molecule has 1 saturated heterocycles. The van der Waals surface area contributed by atoms with Crippen molar-refractivity contribution in [3.05, 3.63) is 29.8 Å². The zero-order valence-corrected chi connectivity index (χ0v) is 9.62. The molecule has 1 aliphatic rings. The summed E-state index contributed by atoms with van der Waals surface area (Å²) in [6.45, 7) is 2.63. The average Bonchev–Trinajstić information content (AvgIpc) is 2.30. The molecule has 1 atom stereocenters. The van der Waals surface area contributed by atoms with Crippen molar-refractivity contribution in [1.82, 2.24) is 5.32 Å². The van der Waals surface area contributed by atoms with E-state index in [4.69, 9.17) is 0 Å². The average molecular weight is 218 g/mol. The molecule has 3 nitrogen and oxygen atoms in total. The lowest BCUT2D eigenvalue weighted by molar-refractivity contribution is -0.114. The van der Waals surface area contributed by atoms with E-state index in [-0.39, 0.29) is 5.91 Å². The maximum Gasteiger partial charge on any atom is 0.221 e. The maximum atomic E-state index is 11.0. The highest BCUT2D eigenvalue weighted by Crippen LogP contribution is 2.24. The van der Waals surface area contributed by atoms with Crippen LogP contribution in [0.4, 0.5) is 5.69 Å². The first-order valence-corrected chi connectivity index (χ1v) is 5.86. The molecule has 0 radical (unpaired) electrons. The molecule has 1 amide bonds. The van der Waals surface area contributed by atoms with E-state index in [1.165, 1.54) is 31.7 Å². The van der Waals surface area contributed by atoms with Gasteiger partial charge in [0.1, 0.15) is 0 Å². The Hall–Kier alpha value is -1.35. The summed E-state index contributed by atoms with van der Waals surface area (Å²) in [5.74, 6) is -0.0197.